The molecule has 0 aromatic heterocycles. The minimum absolute atomic E-state index is 0. The first kappa shape index (κ1) is 16.6. The van der Waals surface area contributed by atoms with Crippen molar-refractivity contribution in [3.05, 3.63) is 0 Å². The van der Waals surface area contributed by atoms with Gasteiger partial charge in [0, 0.05) is 41.1 Å². The highest BCUT2D eigenvalue weighted by Crippen LogP contribution is 2.49. The van der Waals surface area contributed by atoms with Crippen molar-refractivity contribution < 1.29 is 0 Å². The van der Waals surface area contributed by atoms with Crippen LogP contribution >= 0.6 is 48.3 Å². The summed E-state index contributed by atoms with van der Waals surface area (Å²) in [5.74, 6) is 7.52. The fourth-order valence-corrected chi connectivity index (χ4v) is 7.19. The van der Waals surface area contributed by atoms with Gasteiger partial charge in [-0.3, -0.25) is 4.90 Å². The number of halogens is 2. The Balaban J connectivity index is 0.000000667. The Kier molecular flexibility index (Phi) is 6.08. The fourth-order valence-electron chi connectivity index (χ4n) is 4.64. The van der Waals surface area contributed by atoms with Crippen molar-refractivity contribution >= 4 is 48.3 Å². The van der Waals surface area contributed by atoms with Crippen LogP contribution in [0.1, 0.15) is 12.8 Å². The van der Waals surface area contributed by atoms with Gasteiger partial charge >= 0.3 is 0 Å². The Morgan fingerprint density at radius 2 is 1.37 bits per heavy atom. The van der Waals surface area contributed by atoms with Crippen LogP contribution in [0.25, 0.3) is 0 Å². The second-order valence-electron chi connectivity index (χ2n) is 5.95. The minimum atomic E-state index is 0. The van der Waals surface area contributed by atoms with Crippen molar-refractivity contribution in [2.24, 2.45) is 11.8 Å². The molecule has 112 valence electrons. The summed E-state index contributed by atoms with van der Waals surface area (Å²) in [6, 6.07) is 2.75. The first-order chi connectivity index (χ1) is 8.45. The van der Waals surface area contributed by atoms with Gasteiger partial charge in [0.05, 0.1) is 0 Å². The van der Waals surface area contributed by atoms with E-state index >= 15 is 0 Å². The molecule has 0 aliphatic carbocycles. The topological polar surface area (TPSA) is 15.3 Å². The molecule has 0 aromatic carbocycles. The molecule has 4 saturated heterocycles. The van der Waals surface area contributed by atoms with E-state index in [0.29, 0.717) is 0 Å². The number of hydrogen-bond acceptors (Lipinski definition) is 4. The molecule has 0 saturated carbocycles. The van der Waals surface area contributed by atoms with Crippen LogP contribution in [0, 0.1) is 11.8 Å². The van der Waals surface area contributed by atoms with E-state index in [2.05, 4.69) is 33.7 Å². The minimum Gasteiger partial charge on any atom is -0.316 e. The van der Waals surface area contributed by atoms with Crippen LogP contribution in [0.15, 0.2) is 0 Å². The molecule has 0 spiro atoms. The van der Waals surface area contributed by atoms with Gasteiger partial charge in [0.2, 0.25) is 0 Å². The molecule has 4 heterocycles. The SMILES string of the molecule is C1CSCC(N2[C@@H]3CC[C@H]2[C@H]2CNC[C@H]23)CS1.Cl.Cl. The van der Waals surface area contributed by atoms with Crippen molar-refractivity contribution in [3.8, 4) is 0 Å². The third-order valence-corrected chi connectivity index (χ3v) is 7.72. The van der Waals surface area contributed by atoms with Crippen LogP contribution in [0.5, 0.6) is 0 Å². The predicted molar refractivity (Wildman–Crippen MR) is 91.4 cm³/mol. The number of thioether (sulfide) groups is 2. The van der Waals surface area contributed by atoms with Crippen LogP contribution in [0.4, 0.5) is 0 Å². The number of nitrogens with one attached hydrogen (secondary N) is 1. The molecular formula is C13H24Cl2N2S2. The quantitative estimate of drug-likeness (QED) is 0.786. The van der Waals surface area contributed by atoms with Crippen LogP contribution in [0.2, 0.25) is 0 Å². The molecule has 4 atom stereocenters. The average Bonchev–Trinajstić information content (AvgIpc) is 2.97. The fraction of sp³-hybridized carbons (Fsp3) is 1.00. The van der Waals surface area contributed by atoms with Gasteiger partial charge in [-0.15, -0.1) is 24.8 Å². The summed E-state index contributed by atoms with van der Waals surface area (Å²) in [6.45, 7) is 2.60. The van der Waals surface area contributed by atoms with Gasteiger partial charge in [-0.05, 0) is 37.8 Å². The maximum absolute atomic E-state index is 3.62. The first-order valence-electron chi connectivity index (χ1n) is 7.09. The molecule has 4 aliphatic heterocycles. The van der Waals surface area contributed by atoms with Crippen molar-refractivity contribution in [2.75, 3.05) is 36.1 Å². The highest BCUT2D eigenvalue weighted by atomic mass is 35.5. The largest absolute Gasteiger partial charge is 0.316 e. The van der Waals surface area contributed by atoms with Gasteiger partial charge in [0.25, 0.3) is 0 Å². The molecule has 2 bridgehead atoms. The molecule has 0 aromatic rings. The van der Waals surface area contributed by atoms with E-state index < -0.39 is 0 Å². The van der Waals surface area contributed by atoms with Gasteiger partial charge in [0.15, 0.2) is 0 Å². The molecule has 1 N–H and O–H groups in total. The van der Waals surface area contributed by atoms with Crippen LogP contribution in [-0.2, 0) is 0 Å². The van der Waals surface area contributed by atoms with Gasteiger partial charge < -0.3 is 5.32 Å². The van der Waals surface area contributed by atoms with Crippen molar-refractivity contribution in [3.63, 3.8) is 0 Å². The predicted octanol–water partition coefficient (Wildman–Crippen LogP) is 2.36. The lowest BCUT2D eigenvalue weighted by Gasteiger charge is -2.32. The Morgan fingerprint density at radius 1 is 0.842 bits per heavy atom. The Bertz CT molecular complexity index is 282. The van der Waals surface area contributed by atoms with E-state index in [1.165, 1.54) is 48.9 Å². The highest BCUT2D eigenvalue weighted by molar-refractivity contribution is 8.03. The molecule has 0 unspecified atom stereocenters. The number of fused-ring (bicyclic) bond motifs is 5. The zero-order valence-corrected chi connectivity index (χ0v) is 14.4. The lowest BCUT2D eigenvalue weighted by atomic mass is 9.82. The van der Waals surface area contributed by atoms with Crippen LogP contribution in [0.3, 0.4) is 0 Å². The summed E-state index contributed by atoms with van der Waals surface area (Å²) >= 11 is 4.38. The van der Waals surface area contributed by atoms with Gasteiger partial charge in [-0.2, -0.15) is 23.5 Å². The molecule has 4 fully saturated rings. The Morgan fingerprint density at radius 3 is 1.89 bits per heavy atom. The van der Waals surface area contributed by atoms with E-state index in [1.54, 1.807) is 0 Å². The van der Waals surface area contributed by atoms with Gasteiger partial charge in [0.1, 0.15) is 0 Å². The summed E-state index contributed by atoms with van der Waals surface area (Å²) < 4.78 is 0. The molecule has 2 nitrogen and oxygen atoms in total. The van der Waals surface area contributed by atoms with E-state index in [9.17, 15) is 0 Å². The number of rotatable bonds is 1. The molecular weight excluding hydrogens is 319 g/mol. The summed E-state index contributed by atoms with van der Waals surface area (Å²) in [5.41, 5.74) is 0. The molecule has 4 aliphatic rings. The summed E-state index contributed by atoms with van der Waals surface area (Å²) in [6.07, 6.45) is 2.97. The lowest BCUT2D eigenvalue weighted by Crippen LogP contribution is -2.44. The summed E-state index contributed by atoms with van der Waals surface area (Å²) in [4.78, 5) is 2.97. The zero-order chi connectivity index (χ0) is 11.2. The van der Waals surface area contributed by atoms with Crippen LogP contribution in [-0.4, -0.2) is 59.1 Å². The number of nitrogens with zero attached hydrogens (tertiary/aromatic N) is 1. The summed E-state index contributed by atoms with van der Waals surface area (Å²) in [7, 11) is 0. The van der Waals surface area contributed by atoms with Crippen LogP contribution < -0.4 is 5.32 Å². The molecule has 0 amide bonds. The lowest BCUT2D eigenvalue weighted by molar-refractivity contribution is 0.186. The highest BCUT2D eigenvalue weighted by Gasteiger charge is 2.56. The van der Waals surface area contributed by atoms with Crippen molar-refractivity contribution in [1.82, 2.24) is 10.2 Å². The van der Waals surface area contributed by atoms with E-state index in [-0.39, 0.29) is 24.8 Å². The Hall–Kier alpha value is 1.20. The molecule has 4 rings (SSSR count). The molecule has 0 radical (unpaired) electrons. The Labute approximate surface area is 137 Å². The third kappa shape index (κ3) is 2.78. The average molecular weight is 343 g/mol. The number of hydrogen-bond donors (Lipinski definition) is 1. The van der Waals surface area contributed by atoms with E-state index in [4.69, 9.17) is 0 Å². The maximum atomic E-state index is 3.62. The molecule has 19 heavy (non-hydrogen) atoms. The smallest absolute Gasteiger partial charge is 0.0283 e. The first-order valence-corrected chi connectivity index (χ1v) is 9.40. The third-order valence-electron chi connectivity index (χ3n) is 5.24. The van der Waals surface area contributed by atoms with E-state index in [1.807, 2.05) is 0 Å². The van der Waals surface area contributed by atoms with Gasteiger partial charge in [-0.1, -0.05) is 0 Å². The second kappa shape index (κ2) is 6.97. The van der Waals surface area contributed by atoms with Gasteiger partial charge in [-0.25, -0.2) is 0 Å². The van der Waals surface area contributed by atoms with E-state index in [0.717, 1.165) is 30.0 Å². The van der Waals surface area contributed by atoms with Crippen molar-refractivity contribution in [2.45, 2.75) is 31.0 Å². The normalized spacial score (nSPS) is 42.3. The second-order valence-corrected chi connectivity index (χ2v) is 8.25. The zero-order valence-electron chi connectivity index (χ0n) is 11.1. The standard InChI is InChI=1S/C13H22N2S2.2ClH/c1-2-13-11-6-14-5-10(11)12(1)15(13)9-7-16-3-4-17-8-9;;/h9-14H,1-8H2;2*1H/t10-,11+,12-,13+;;. The maximum Gasteiger partial charge on any atom is 0.0283 e. The van der Waals surface area contributed by atoms with Crippen molar-refractivity contribution in [1.29, 1.82) is 0 Å². The monoisotopic (exact) mass is 342 g/mol. The molecule has 6 heteroatoms. The summed E-state index contributed by atoms with van der Waals surface area (Å²) in [5, 5.41) is 3.62.